The van der Waals surface area contributed by atoms with Gasteiger partial charge in [-0.25, -0.2) is 4.98 Å². The molecule has 1 aromatic heterocycles. The zero-order valence-corrected chi connectivity index (χ0v) is 10.3. The number of ether oxygens (including phenoxy) is 1. The van der Waals surface area contributed by atoms with Gasteiger partial charge in [0.25, 0.3) is 0 Å². The number of carboxylic acid groups (broad SMARTS) is 1. The van der Waals surface area contributed by atoms with Gasteiger partial charge in [0.05, 0.1) is 10.7 Å². The van der Waals surface area contributed by atoms with Gasteiger partial charge in [-0.2, -0.15) is 0 Å². The molecule has 0 atom stereocenters. The van der Waals surface area contributed by atoms with Crippen molar-refractivity contribution in [3.05, 3.63) is 16.1 Å². The Morgan fingerprint density at radius 2 is 2.18 bits per heavy atom. The summed E-state index contributed by atoms with van der Waals surface area (Å²) in [6, 6.07) is 0. The van der Waals surface area contributed by atoms with Gasteiger partial charge in [-0.3, -0.25) is 4.79 Å². The van der Waals surface area contributed by atoms with Crippen LogP contribution in [-0.4, -0.2) is 29.3 Å². The molecule has 1 saturated heterocycles. The maximum Gasteiger partial charge on any atom is 0.315 e. The number of carbonyl (C=O) groups is 1. The van der Waals surface area contributed by atoms with Gasteiger partial charge in [-0.1, -0.05) is 0 Å². The van der Waals surface area contributed by atoms with E-state index in [1.807, 2.05) is 5.38 Å². The summed E-state index contributed by atoms with van der Waals surface area (Å²) in [4.78, 5) is 15.8. The number of aromatic nitrogens is 1. The summed E-state index contributed by atoms with van der Waals surface area (Å²) in [6.07, 6.45) is 3.48. The number of nitrogens with zero attached hydrogens (tertiary/aromatic N) is 1. The average Bonchev–Trinajstić information content (AvgIpc) is 3.02. The van der Waals surface area contributed by atoms with E-state index in [0.717, 1.165) is 49.6 Å². The Hall–Kier alpha value is -0.940. The Labute approximate surface area is 104 Å². The number of hydrogen-bond acceptors (Lipinski definition) is 4. The molecular formula is C12H15NO3S. The van der Waals surface area contributed by atoms with Crippen LogP contribution in [0.2, 0.25) is 0 Å². The quantitative estimate of drug-likeness (QED) is 0.896. The molecule has 3 rings (SSSR count). The van der Waals surface area contributed by atoms with E-state index in [4.69, 9.17) is 4.74 Å². The number of hydrogen-bond donors (Lipinski definition) is 1. The minimum Gasteiger partial charge on any atom is -0.481 e. The van der Waals surface area contributed by atoms with Crippen LogP contribution in [0.1, 0.15) is 42.3 Å². The van der Waals surface area contributed by atoms with Crippen molar-refractivity contribution < 1.29 is 14.6 Å². The summed E-state index contributed by atoms with van der Waals surface area (Å²) >= 11 is 1.61. The maximum atomic E-state index is 11.2. The number of carboxylic acids is 1. The second-order valence-electron chi connectivity index (χ2n) is 4.84. The molecular weight excluding hydrogens is 238 g/mol. The van der Waals surface area contributed by atoms with Crippen LogP contribution in [0.15, 0.2) is 5.38 Å². The molecule has 1 aromatic rings. The molecule has 17 heavy (non-hydrogen) atoms. The van der Waals surface area contributed by atoms with Crippen LogP contribution in [0, 0.1) is 0 Å². The van der Waals surface area contributed by atoms with E-state index < -0.39 is 11.4 Å². The van der Waals surface area contributed by atoms with E-state index in [0.29, 0.717) is 5.92 Å². The minimum atomic E-state index is -0.721. The third-order valence-electron chi connectivity index (χ3n) is 3.74. The number of rotatable bonds is 3. The molecule has 1 aliphatic heterocycles. The zero-order valence-electron chi connectivity index (χ0n) is 9.52. The van der Waals surface area contributed by atoms with Gasteiger partial charge in [-0.15, -0.1) is 11.3 Å². The first kappa shape index (κ1) is 11.2. The predicted octanol–water partition coefficient (Wildman–Crippen LogP) is 2.15. The normalized spacial score (nSPS) is 23.5. The van der Waals surface area contributed by atoms with Gasteiger partial charge in [0.1, 0.15) is 5.41 Å². The van der Waals surface area contributed by atoms with E-state index in [9.17, 15) is 9.90 Å². The Bertz CT molecular complexity index is 433. The lowest BCUT2D eigenvalue weighted by atomic mass is 10.0. The van der Waals surface area contributed by atoms with Crippen molar-refractivity contribution in [3.63, 3.8) is 0 Å². The van der Waals surface area contributed by atoms with Crippen LogP contribution in [0.25, 0.3) is 0 Å². The molecule has 0 spiro atoms. The SMILES string of the molecule is O=C(O)C1(c2csc(C3CCOCC3)n2)CC1. The van der Waals surface area contributed by atoms with Gasteiger partial charge in [0, 0.05) is 24.5 Å². The molecule has 0 amide bonds. The third-order valence-corrected chi connectivity index (χ3v) is 4.75. The summed E-state index contributed by atoms with van der Waals surface area (Å²) in [5.41, 5.74) is 0.122. The number of thiazole rings is 1. The molecule has 1 aliphatic carbocycles. The maximum absolute atomic E-state index is 11.2. The van der Waals surface area contributed by atoms with Crippen molar-refractivity contribution in [3.8, 4) is 0 Å². The second kappa shape index (κ2) is 4.07. The van der Waals surface area contributed by atoms with E-state index in [1.54, 1.807) is 11.3 Å². The van der Waals surface area contributed by atoms with Crippen LogP contribution >= 0.6 is 11.3 Å². The van der Waals surface area contributed by atoms with Crippen LogP contribution in [0.4, 0.5) is 0 Å². The fourth-order valence-electron chi connectivity index (χ4n) is 2.34. The summed E-state index contributed by atoms with van der Waals surface area (Å²) in [7, 11) is 0. The average molecular weight is 253 g/mol. The van der Waals surface area contributed by atoms with Crippen LogP contribution in [-0.2, 0) is 14.9 Å². The highest BCUT2D eigenvalue weighted by Gasteiger charge is 2.53. The van der Waals surface area contributed by atoms with E-state index in [2.05, 4.69) is 4.98 Å². The van der Waals surface area contributed by atoms with Gasteiger partial charge in [0.2, 0.25) is 0 Å². The topological polar surface area (TPSA) is 59.4 Å². The molecule has 0 unspecified atom stereocenters. The molecule has 0 bridgehead atoms. The molecule has 2 aliphatic rings. The fraction of sp³-hybridized carbons (Fsp3) is 0.667. The summed E-state index contributed by atoms with van der Waals surface area (Å²) < 4.78 is 5.33. The summed E-state index contributed by atoms with van der Waals surface area (Å²) in [5, 5.41) is 12.3. The van der Waals surface area contributed by atoms with Crippen LogP contribution < -0.4 is 0 Å². The highest BCUT2D eigenvalue weighted by molar-refractivity contribution is 7.09. The second-order valence-corrected chi connectivity index (χ2v) is 5.73. The van der Waals surface area contributed by atoms with Crippen molar-refractivity contribution in [1.82, 2.24) is 4.98 Å². The largest absolute Gasteiger partial charge is 0.481 e. The molecule has 0 aromatic carbocycles. The Balaban J connectivity index is 1.80. The molecule has 5 heteroatoms. The Morgan fingerprint density at radius 3 is 2.76 bits per heavy atom. The van der Waals surface area contributed by atoms with Crippen molar-refractivity contribution in [2.75, 3.05) is 13.2 Å². The van der Waals surface area contributed by atoms with Crippen molar-refractivity contribution in [2.24, 2.45) is 0 Å². The molecule has 4 nitrogen and oxygen atoms in total. The standard InChI is InChI=1S/C12H15NO3S/c14-11(15)12(3-4-12)9-7-17-10(13-9)8-1-5-16-6-2-8/h7-8H,1-6H2,(H,14,15). The van der Waals surface area contributed by atoms with Gasteiger partial charge in [-0.05, 0) is 25.7 Å². The predicted molar refractivity (Wildman–Crippen MR) is 63.5 cm³/mol. The summed E-state index contributed by atoms with van der Waals surface area (Å²) in [5.74, 6) is -0.256. The molecule has 2 heterocycles. The van der Waals surface area contributed by atoms with Gasteiger partial charge in [0.15, 0.2) is 0 Å². The molecule has 0 radical (unpaired) electrons. The van der Waals surface area contributed by atoms with Crippen LogP contribution in [0.3, 0.4) is 0 Å². The first-order chi connectivity index (χ1) is 8.22. The van der Waals surface area contributed by atoms with E-state index >= 15 is 0 Å². The summed E-state index contributed by atoms with van der Waals surface area (Å²) in [6.45, 7) is 1.59. The van der Waals surface area contributed by atoms with Gasteiger partial charge >= 0.3 is 5.97 Å². The van der Waals surface area contributed by atoms with E-state index in [-0.39, 0.29) is 0 Å². The van der Waals surface area contributed by atoms with E-state index in [1.165, 1.54) is 0 Å². The smallest absolute Gasteiger partial charge is 0.315 e. The van der Waals surface area contributed by atoms with Gasteiger partial charge < -0.3 is 9.84 Å². The minimum absolute atomic E-state index is 0.465. The fourth-order valence-corrected chi connectivity index (χ4v) is 3.43. The van der Waals surface area contributed by atoms with Crippen molar-refractivity contribution >= 4 is 17.3 Å². The molecule has 92 valence electrons. The highest BCUT2D eigenvalue weighted by Crippen LogP contribution is 2.49. The van der Waals surface area contributed by atoms with Crippen molar-refractivity contribution in [2.45, 2.75) is 37.0 Å². The first-order valence-electron chi connectivity index (χ1n) is 5.99. The first-order valence-corrected chi connectivity index (χ1v) is 6.87. The lowest BCUT2D eigenvalue weighted by Crippen LogP contribution is -2.20. The number of aliphatic carboxylic acids is 1. The van der Waals surface area contributed by atoms with Crippen molar-refractivity contribution in [1.29, 1.82) is 0 Å². The Morgan fingerprint density at radius 1 is 1.47 bits per heavy atom. The zero-order chi connectivity index (χ0) is 11.9. The Kier molecular flexibility index (Phi) is 2.67. The lowest BCUT2D eigenvalue weighted by molar-refractivity contribution is -0.140. The monoisotopic (exact) mass is 253 g/mol. The highest BCUT2D eigenvalue weighted by atomic mass is 32.1. The molecule has 2 fully saturated rings. The molecule has 1 saturated carbocycles. The third kappa shape index (κ3) is 1.87. The molecule has 1 N–H and O–H groups in total. The van der Waals surface area contributed by atoms with Crippen LogP contribution in [0.5, 0.6) is 0 Å². The lowest BCUT2D eigenvalue weighted by Gasteiger charge is -2.19.